The third-order valence-corrected chi connectivity index (χ3v) is 3.09. The highest BCUT2D eigenvalue weighted by molar-refractivity contribution is 7.17. The van der Waals surface area contributed by atoms with Crippen molar-refractivity contribution in [3.63, 3.8) is 0 Å². The number of nitrogens with zero attached hydrogens (tertiary/aromatic N) is 1. The lowest BCUT2D eigenvalue weighted by atomic mass is 10.1. The number of carbonyl (C=O) groups is 1. The van der Waals surface area contributed by atoms with E-state index in [-0.39, 0.29) is 10.9 Å². The minimum atomic E-state index is -0.946. The number of aromatic carboxylic acids is 1. The topological polar surface area (TPSA) is 71.5 Å². The first kappa shape index (κ1) is 12.9. The average Bonchev–Trinajstić information content (AvgIpc) is 2.65. The summed E-state index contributed by atoms with van der Waals surface area (Å²) >= 11 is 1.14. The van der Waals surface area contributed by atoms with Crippen molar-refractivity contribution in [2.24, 2.45) is 5.92 Å². The summed E-state index contributed by atoms with van der Waals surface area (Å²) in [4.78, 5) is 14.9. The van der Waals surface area contributed by atoms with Crippen LogP contribution in [0, 0.1) is 5.92 Å². The summed E-state index contributed by atoms with van der Waals surface area (Å²) in [6, 6.07) is 0.137. The Labute approximate surface area is 98.5 Å². The first-order valence-corrected chi connectivity index (χ1v) is 5.80. The molecule has 0 aliphatic rings. The third kappa shape index (κ3) is 3.46. The Bertz CT molecular complexity index is 352. The minimum Gasteiger partial charge on any atom is -0.477 e. The van der Waals surface area contributed by atoms with E-state index in [0.29, 0.717) is 17.7 Å². The van der Waals surface area contributed by atoms with Crippen LogP contribution < -0.4 is 5.32 Å². The van der Waals surface area contributed by atoms with Gasteiger partial charge in [-0.15, -0.1) is 0 Å². The van der Waals surface area contributed by atoms with Crippen LogP contribution in [0.1, 0.15) is 23.5 Å². The van der Waals surface area contributed by atoms with Gasteiger partial charge >= 0.3 is 5.97 Å². The Morgan fingerprint density at radius 3 is 2.81 bits per heavy atom. The normalized spacial score (nSPS) is 12.8. The van der Waals surface area contributed by atoms with Gasteiger partial charge in [0.15, 0.2) is 5.13 Å². The highest BCUT2D eigenvalue weighted by Gasteiger charge is 2.15. The second kappa shape index (κ2) is 5.81. The molecule has 1 unspecified atom stereocenters. The lowest BCUT2D eigenvalue weighted by molar-refractivity contribution is 0.0702. The van der Waals surface area contributed by atoms with E-state index in [9.17, 15) is 4.79 Å². The SMILES string of the molecule is COCC(Nc1ncc(C(=O)O)s1)C(C)C. The maximum atomic E-state index is 10.7. The molecule has 0 saturated carbocycles. The molecule has 1 aromatic heterocycles. The van der Waals surface area contributed by atoms with Gasteiger partial charge < -0.3 is 15.2 Å². The van der Waals surface area contributed by atoms with E-state index in [4.69, 9.17) is 9.84 Å². The summed E-state index contributed by atoms with van der Waals surface area (Å²) in [5.41, 5.74) is 0. The minimum absolute atomic E-state index is 0.137. The summed E-state index contributed by atoms with van der Waals surface area (Å²) in [6.07, 6.45) is 1.36. The maximum absolute atomic E-state index is 10.7. The molecule has 0 bridgehead atoms. The molecule has 90 valence electrons. The van der Waals surface area contributed by atoms with Crippen LogP contribution in [0.4, 0.5) is 5.13 Å². The summed E-state index contributed by atoms with van der Waals surface area (Å²) in [5.74, 6) is -0.560. The van der Waals surface area contributed by atoms with Crippen molar-refractivity contribution in [1.29, 1.82) is 0 Å². The monoisotopic (exact) mass is 244 g/mol. The molecule has 6 heteroatoms. The molecule has 0 aromatic carbocycles. The number of nitrogens with one attached hydrogen (secondary N) is 1. The van der Waals surface area contributed by atoms with Crippen LogP contribution in [-0.2, 0) is 4.74 Å². The molecule has 1 aromatic rings. The van der Waals surface area contributed by atoms with Crippen molar-refractivity contribution >= 4 is 22.4 Å². The van der Waals surface area contributed by atoms with Crippen molar-refractivity contribution < 1.29 is 14.6 Å². The number of rotatable bonds is 6. The molecule has 5 nitrogen and oxygen atoms in total. The maximum Gasteiger partial charge on any atom is 0.347 e. The number of anilines is 1. The zero-order chi connectivity index (χ0) is 12.1. The molecule has 0 amide bonds. The first-order chi connectivity index (χ1) is 7.54. The first-order valence-electron chi connectivity index (χ1n) is 4.99. The van der Waals surface area contributed by atoms with Crippen LogP contribution in [0.25, 0.3) is 0 Å². The molecule has 0 fully saturated rings. The summed E-state index contributed by atoms with van der Waals surface area (Å²) < 4.78 is 5.09. The third-order valence-electron chi connectivity index (χ3n) is 2.18. The van der Waals surface area contributed by atoms with Crippen LogP contribution in [0.5, 0.6) is 0 Å². The van der Waals surface area contributed by atoms with E-state index in [1.165, 1.54) is 6.20 Å². The number of carboxylic acid groups (broad SMARTS) is 1. The number of methoxy groups -OCH3 is 1. The predicted octanol–water partition coefficient (Wildman–Crippen LogP) is 1.92. The van der Waals surface area contributed by atoms with E-state index in [1.54, 1.807) is 7.11 Å². The second-order valence-corrected chi connectivity index (χ2v) is 4.82. The second-order valence-electron chi connectivity index (χ2n) is 3.79. The van der Waals surface area contributed by atoms with E-state index in [1.807, 2.05) is 0 Å². The number of aromatic nitrogens is 1. The average molecular weight is 244 g/mol. The smallest absolute Gasteiger partial charge is 0.347 e. The van der Waals surface area contributed by atoms with E-state index < -0.39 is 5.97 Å². The largest absolute Gasteiger partial charge is 0.477 e. The number of hydrogen-bond acceptors (Lipinski definition) is 5. The Kier molecular flexibility index (Phi) is 4.70. The fourth-order valence-corrected chi connectivity index (χ4v) is 1.90. The van der Waals surface area contributed by atoms with Gasteiger partial charge in [-0.25, -0.2) is 9.78 Å². The lowest BCUT2D eigenvalue weighted by Gasteiger charge is -2.20. The van der Waals surface area contributed by atoms with E-state index >= 15 is 0 Å². The standard InChI is InChI=1S/C10H16N2O3S/c1-6(2)7(5-15-3)12-10-11-4-8(16-10)9(13)14/h4,6-7H,5H2,1-3H3,(H,11,12)(H,13,14). The Morgan fingerprint density at radius 1 is 1.69 bits per heavy atom. The molecule has 0 spiro atoms. The van der Waals surface area contributed by atoms with Crippen molar-refractivity contribution in [2.75, 3.05) is 19.0 Å². The van der Waals surface area contributed by atoms with Crippen molar-refractivity contribution in [3.8, 4) is 0 Å². The molecule has 1 heterocycles. The zero-order valence-corrected chi connectivity index (χ0v) is 10.4. The molecule has 0 radical (unpaired) electrons. The number of thiazole rings is 1. The highest BCUT2D eigenvalue weighted by Crippen LogP contribution is 2.20. The molecular weight excluding hydrogens is 228 g/mol. The molecule has 1 rings (SSSR count). The van der Waals surface area contributed by atoms with Gasteiger partial charge in [-0.3, -0.25) is 0 Å². The van der Waals surface area contributed by atoms with E-state index in [2.05, 4.69) is 24.1 Å². The van der Waals surface area contributed by atoms with Gasteiger partial charge in [0.25, 0.3) is 0 Å². The molecule has 0 aliphatic carbocycles. The molecule has 1 atom stereocenters. The number of hydrogen-bond donors (Lipinski definition) is 2. The van der Waals surface area contributed by atoms with Crippen molar-refractivity contribution in [2.45, 2.75) is 19.9 Å². The zero-order valence-electron chi connectivity index (χ0n) is 9.56. The van der Waals surface area contributed by atoms with Gasteiger partial charge in [0.05, 0.1) is 18.8 Å². The number of carboxylic acids is 1. The van der Waals surface area contributed by atoms with Crippen LogP contribution in [-0.4, -0.2) is 35.8 Å². The van der Waals surface area contributed by atoms with Gasteiger partial charge in [0, 0.05) is 7.11 Å². The highest BCUT2D eigenvalue weighted by atomic mass is 32.1. The predicted molar refractivity (Wildman–Crippen MR) is 63.2 cm³/mol. The summed E-state index contributed by atoms with van der Waals surface area (Å²) in [7, 11) is 1.64. The Hall–Kier alpha value is -1.14. The molecule has 16 heavy (non-hydrogen) atoms. The van der Waals surface area contributed by atoms with Gasteiger partial charge in [0.2, 0.25) is 0 Å². The van der Waals surface area contributed by atoms with Crippen molar-refractivity contribution in [3.05, 3.63) is 11.1 Å². The van der Waals surface area contributed by atoms with E-state index in [0.717, 1.165) is 11.3 Å². The molecule has 2 N–H and O–H groups in total. The number of ether oxygens (including phenoxy) is 1. The lowest BCUT2D eigenvalue weighted by Crippen LogP contribution is -2.30. The van der Waals surface area contributed by atoms with Crippen molar-refractivity contribution in [1.82, 2.24) is 4.98 Å². The van der Waals surface area contributed by atoms with Gasteiger partial charge in [-0.1, -0.05) is 25.2 Å². The van der Waals surface area contributed by atoms with Gasteiger partial charge in [-0.2, -0.15) is 0 Å². The molecule has 0 saturated heterocycles. The Morgan fingerprint density at radius 2 is 2.38 bits per heavy atom. The summed E-state index contributed by atoms with van der Waals surface area (Å²) in [5, 5.41) is 12.6. The van der Waals surface area contributed by atoms with Crippen LogP contribution in [0.3, 0.4) is 0 Å². The van der Waals surface area contributed by atoms with Crippen LogP contribution in [0.15, 0.2) is 6.20 Å². The fourth-order valence-electron chi connectivity index (χ4n) is 1.18. The van der Waals surface area contributed by atoms with Crippen LogP contribution >= 0.6 is 11.3 Å². The molecule has 0 aliphatic heterocycles. The van der Waals surface area contributed by atoms with Crippen LogP contribution in [0.2, 0.25) is 0 Å². The van der Waals surface area contributed by atoms with Gasteiger partial charge in [0.1, 0.15) is 4.88 Å². The quantitative estimate of drug-likeness (QED) is 0.800. The Balaban J connectivity index is 2.66. The fraction of sp³-hybridized carbons (Fsp3) is 0.600. The summed E-state index contributed by atoms with van der Waals surface area (Å²) in [6.45, 7) is 4.71. The van der Waals surface area contributed by atoms with Gasteiger partial charge in [-0.05, 0) is 5.92 Å². The molecular formula is C10H16N2O3S.